The fourth-order valence-corrected chi connectivity index (χ4v) is 3.31. The van der Waals surface area contributed by atoms with Gasteiger partial charge in [-0.25, -0.2) is 15.0 Å². The molecule has 0 unspecified atom stereocenters. The van der Waals surface area contributed by atoms with Gasteiger partial charge in [0.15, 0.2) is 5.11 Å². The van der Waals surface area contributed by atoms with E-state index in [0.29, 0.717) is 40.8 Å². The Hall–Kier alpha value is -3.92. The summed E-state index contributed by atoms with van der Waals surface area (Å²) in [7, 11) is 4.81. The number of aromatic nitrogens is 2. The number of benzene rings is 2. The lowest BCUT2D eigenvalue weighted by atomic mass is 10.2. The molecule has 10 heteroatoms. The average Bonchev–Trinajstić information content (AvgIpc) is 2.82. The third-order valence-electron chi connectivity index (χ3n) is 4.66. The lowest BCUT2D eigenvalue weighted by Crippen LogP contribution is -2.39. The molecule has 0 amide bonds. The molecule has 178 valence electrons. The number of nitrogens with zero attached hydrogens (tertiary/aromatic N) is 3. The smallest absolute Gasteiger partial charge is 0.229 e. The van der Waals surface area contributed by atoms with Gasteiger partial charge in [0.05, 0.1) is 33.6 Å². The summed E-state index contributed by atoms with van der Waals surface area (Å²) in [5.41, 5.74) is 3.32. The quantitative estimate of drug-likeness (QED) is 0.262. The maximum atomic E-state index is 5.53. The van der Waals surface area contributed by atoms with Gasteiger partial charge in [0.1, 0.15) is 17.2 Å². The minimum absolute atomic E-state index is 0.310. The molecule has 34 heavy (non-hydrogen) atoms. The van der Waals surface area contributed by atoms with Crippen molar-refractivity contribution in [2.24, 2.45) is 4.99 Å². The van der Waals surface area contributed by atoms with Crippen molar-refractivity contribution in [2.75, 3.05) is 32.0 Å². The van der Waals surface area contributed by atoms with Crippen LogP contribution in [0.5, 0.6) is 17.2 Å². The lowest BCUT2D eigenvalue weighted by molar-refractivity contribution is 0.395. The second-order valence-electron chi connectivity index (χ2n) is 7.26. The second-order valence-corrected chi connectivity index (χ2v) is 7.67. The van der Waals surface area contributed by atoms with E-state index >= 15 is 0 Å². The molecule has 0 atom stereocenters. The molecule has 0 aliphatic heterocycles. The summed E-state index contributed by atoms with van der Waals surface area (Å²) in [6, 6.07) is 15.0. The van der Waals surface area contributed by atoms with Crippen LogP contribution in [0.25, 0.3) is 0 Å². The van der Waals surface area contributed by atoms with E-state index in [1.54, 1.807) is 27.4 Å². The zero-order valence-corrected chi connectivity index (χ0v) is 20.6. The van der Waals surface area contributed by atoms with Crippen LogP contribution >= 0.6 is 12.2 Å². The molecule has 0 radical (unpaired) electrons. The summed E-state index contributed by atoms with van der Waals surface area (Å²) in [6.45, 7) is 4.19. The number of rotatable bonds is 7. The Morgan fingerprint density at radius 3 is 2.26 bits per heavy atom. The minimum Gasteiger partial charge on any atom is -0.497 e. The summed E-state index contributed by atoms with van der Waals surface area (Å²) in [5, 5.41) is 9.66. The van der Waals surface area contributed by atoms with Crippen molar-refractivity contribution in [3.63, 3.8) is 0 Å². The van der Waals surface area contributed by atoms with E-state index in [1.807, 2.05) is 56.3 Å². The molecule has 0 spiro atoms. The van der Waals surface area contributed by atoms with Crippen LogP contribution in [0.15, 0.2) is 53.5 Å². The van der Waals surface area contributed by atoms with Crippen molar-refractivity contribution < 1.29 is 14.2 Å². The zero-order chi connectivity index (χ0) is 24.5. The Kier molecular flexibility index (Phi) is 8.58. The number of ether oxygens (including phenoxy) is 3. The first-order valence-electron chi connectivity index (χ1n) is 10.5. The molecule has 1 aromatic heterocycles. The highest BCUT2D eigenvalue weighted by atomic mass is 32.1. The topological polar surface area (TPSA) is 102 Å². The minimum atomic E-state index is 0.310. The lowest BCUT2D eigenvalue weighted by Gasteiger charge is -2.16. The first-order chi connectivity index (χ1) is 16.4. The van der Waals surface area contributed by atoms with Crippen molar-refractivity contribution in [1.82, 2.24) is 15.3 Å². The fourth-order valence-electron chi connectivity index (χ4n) is 3.10. The summed E-state index contributed by atoms with van der Waals surface area (Å²) < 4.78 is 16.0. The highest BCUT2D eigenvalue weighted by molar-refractivity contribution is 7.80. The first-order valence-corrected chi connectivity index (χ1v) is 10.9. The van der Waals surface area contributed by atoms with E-state index in [0.717, 1.165) is 22.7 Å². The van der Waals surface area contributed by atoms with E-state index in [9.17, 15) is 0 Å². The van der Waals surface area contributed by atoms with Crippen LogP contribution in [-0.2, 0) is 6.54 Å². The monoisotopic (exact) mass is 480 g/mol. The van der Waals surface area contributed by atoms with Crippen LogP contribution < -0.4 is 30.2 Å². The van der Waals surface area contributed by atoms with Gasteiger partial charge in [0, 0.05) is 17.5 Å². The molecule has 3 rings (SSSR count). The zero-order valence-electron chi connectivity index (χ0n) is 19.8. The number of nitrogens with one attached hydrogen (secondary N) is 3. The Morgan fingerprint density at radius 2 is 1.59 bits per heavy atom. The SMILES string of the molecule is COc1cccc(CN=C(NC(=S)Nc2ccc(OC)cc2OC)Nc2nc(C)cc(C)n2)c1. The second kappa shape index (κ2) is 11.8. The highest BCUT2D eigenvalue weighted by Crippen LogP contribution is 2.28. The van der Waals surface area contributed by atoms with Crippen LogP contribution in [-0.4, -0.2) is 42.4 Å². The third kappa shape index (κ3) is 7.04. The number of hydrogen-bond acceptors (Lipinski definition) is 7. The van der Waals surface area contributed by atoms with Gasteiger partial charge >= 0.3 is 0 Å². The number of thiocarbonyl (C=S) groups is 1. The largest absolute Gasteiger partial charge is 0.497 e. The van der Waals surface area contributed by atoms with Crippen molar-refractivity contribution in [1.29, 1.82) is 0 Å². The van der Waals surface area contributed by atoms with E-state index in [4.69, 9.17) is 26.4 Å². The van der Waals surface area contributed by atoms with Crippen LogP contribution in [0, 0.1) is 13.8 Å². The molecule has 0 saturated carbocycles. The molecular weight excluding hydrogens is 452 g/mol. The maximum Gasteiger partial charge on any atom is 0.229 e. The van der Waals surface area contributed by atoms with Crippen molar-refractivity contribution in [3.05, 3.63) is 65.5 Å². The fraction of sp³-hybridized carbons (Fsp3) is 0.250. The van der Waals surface area contributed by atoms with E-state index < -0.39 is 0 Å². The molecule has 0 saturated heterocycles. The predicted molar refractivity (Wildman–Crippen MR) is 138 cm³/mol. The van der Waals surface area contributed by atoms with E-state index in [2.05, 4.69) is 30.9 Å². The normalized spacial score (nSPS) is 10.9. The molecule has 9 nitrogen and oxygen atoms in total. The molecule has 1 heterocycles. The summed E-state index contributed by atoms with van der Waals surface area (Å²) in [5.74, 6) is 2.83. The molecule has 3 N–H and O–H groups in total. The predicted octanol–water partition coefficient (Wildman–Crippen LogP) is 4.07. The van der Waals surface area contributed by atoms with Crippen molar-refractivity contribution in [3.8, 4) is 17.2 Å². The average molecular weight is 481 g/mol. The van der Waals surface area contributed by atoms with Crippen LogP contribution in [0.1, 0.15) is 17.0 Å². The Morgan fingerprint density at radius 1 is 0.882 bits per heavy atom. The molecule has 2 aromatic carbocycles. The molecular formula is C24H28N6O3S. The van der Waals surface area contributed by atoms with Crippen LogP contribution in [0.2, 0.25) is 0 Å². The standard InChI is InChI=1S/C24H28N6O3S/c1-15-11-16(2)27-23(26-15)29-22(25-14-17-7-6-8-18(12-17)31-3)30-24(34)28-20-10-9-19(32-4)13-21(20)33-5/h6-13H,14H2,1-5H3,(H3,25,26,27,28,29,30,34). The van der Waals surface area contributed by atoms with Gasteiger partial charge in [-0.2, -0.15) is 0 Å². The number of anilines is 2. The Bertz CT molecular complexity index is 1160. The maximum absolute atomic E-state index is 5.53. The Labute approximate surface area is 204 Å². The molecule has 3 aromatic rings. The number of aryl methyl sites for hydroxylation is 2. The van der Waals surface area contributed by atoms with Crippen LogP contribution in [0.3, 0.4) is 0 Å². The van der Waals surface area contributed by atoms with Gasteiger partial charge < -0.3 is 24.8 Å². The molecule has 0 fully saturated rings. The van der Waals surface area contributed by atoms with Gasteiger partial charge in [-0.3, -0.25) is 5.32 Å². The third-order valence-corrected chi connectivity index (χ3v) is 4.86. The summed E-state index contributed by atoms with van der Waals surface area (Å²) in [4.78, 5) is 13.5. The Balaban J connectivity index is 1.81. The number of hydrogen-bond donors (Lipinski definition) is 3. The van der Waals surface area contributed by atoms with Gasteiger partial charge in [0.2, 0.25) is 11.9 Å². The van der Waals surface area contributed by atoms with Crippen LogP contribution in [0.4, 0.5) is 11.6 Å². The number of guanidine groups is 1. The molecule has 0 aliphatic rings. The first kappa shape index (κ1) is 24.7. The number of methoxy groups -OCH3 is 3. The molecule has 0 aliphatic carbocycles. The highest BCUT2D eigenvalue weighted by Gasteiger charge is 2.10. The summed E-state index contributed by atoms with van der Waals surface area (Å²) in [6.07, 6.45) is 0. The van der Waals surface area contributed by atoms with Gasteiger partial charge in [0.25, 0.3) is 0 Å². The van der Waals surface area contributed by atoms with E-state index in [1.165, 1.54) is 0 Å². The van der Waals surface area contributed by atoms with Gasteiger partial charge in [-0.05, 0) is 62.0 Å². The van der Waals surface area contributed by atoms with E-state index in [-0.39, 0.29) is 0 Å². The van der Waals surface area contributed by atoms with Gasteiger partial charge in [-0.15, -0.1) is 0 Å². The van der Waals surface area contributed by atoms with Gasteiger partial charge in [-0.1, -0.05) is 12.1 Å². The summed E-state index contributed by atoms with van der Waals surface area (Å²) >= 11 is 5.53. The number of aliphatic imine (C=N–C) groups is 1. The van der Waals surface area contributed by atoms with Crippen molar-refractivity contribution >= 4 is 34.9 Å². The molecule has 0 bridgehead atoms. The van der Waals surface area contributed by atoms with Crippen molar-refractivity contribution in [2.45, 2.75) is 20.4 Å².